The molecular weight excluding hydrogens is 365 g/mol. The van der Waals surface area contributed by atoms with Crippen LogP contribution >= 0.6 is 22.6 Å². The summed E-state index contributed by atoms with van der Waals surface area (Å²) in [5, 5.41) is 3.50. The Balaban J connectivity index is 1.96. The van der Waals surface area contributed by atoms with Crippen molar-refractivity contribution < 1.29 is 9.53 Å². The average Bonchev–Trinajstić information content (AvgIpc) is 2.99. The van der Waals surface area contributed by atoms with Gasteiger partial charge in [-0.05, 0) is 25.8 Å². The Kier molecular flexibility index (Phi) is 3.57. The second kappa shape index (κ2) is 4.98. The Morgan fingerprint density at radius 2 is 2.10 bits per heavy atom. The van der Waals surface area contributed by atoms with Crippen molar-refractivity contribution in [3.63, 3.8) is 0 Å². The fraction of sp³-hybridized carbons (Fsp3) is 0.562. The molecule has 0 aromatic heterocycles. The molecule has 3 atom stereocenters. The first-order chi connectivity index (χ1) is 9.42. The summed E-state index contributed by atoms with van der Waals surface area (Å²) in [5.74, 6) is 0.270. The lowest BCUT2D eigenvalue weighted by atomic mass is 9.82. The average molecular weight is 385 g/mol. The van der Waals surface area contributed by atoms with Crippen LogP contribution < -0.4 is 5.32 Å². The summed E-state index contributed by atoms with van der Waals surface area (Å²) in [6.07, 6.45) is 1.99. The molecule has 1 aromatic carbocycles. The largest absolute Gasteiger partial charge is 0.453 e. The van der Waals surface area contributed by atoms with E-state index >= 15 is 0 Å². The summed E-state index contributed by atoms with van der Waals surface area (Å²) < 4.78 is 5.61. The number of hydrogen-bond acceptors (Lipinski definition) is 3. The number of rotatable bonds is 3. The van der Waals surface area contributed by atoms with Gasteiger partial charge in [0, 0.05) is 24.9 Å². The number of hydrogen-bond donors (Lipinski definition) is 1. The molecule has 2 aliphatic rings. The molecule has 2 fully saturated rings. The number of fused-ring (bicyclic) bond motifs is 2. The van der Waals surface area contributed by atoms with Crippen LogP contribution in [0.3, 0.4) is 0 Å². The third-order valence-electron chi connectivity index (χ3n) is 4.45. The minimum atomic E-state index is -0.491. The zero-order valence-corrected chi connectivity index (χ0v) is 14.0. The number of carbonyl (C=O) groups is 1. The summed E-state index contributed by atoms with van der Waals surface area (Å²) in [4.78, 5) is 12.4. The standard InChI is InChI=1S/C16H20INO2/c1-15(2,17)14(19)20-16(11-6-4-3-5-7-11)9-13-8-12(16)10-18-13/h3-7,12-13,18H,8-10H2,1-2H3/t12-,13?,16?/m0/s1. The van der Waals surface area contributed by atoms with Gasteiger partial charge in [0.15, 0.2) is 0 Å². The van der Waals surface area contributed by atoms with Gasteiger partial charge >= 0.3 is 5.97 Å². The van der Waals surface area contributed by atoms with Gasteiger partial charge < -0.3 is 10.1 Å². The summed E-state index contributed by atoms with van der Waals surface area (Å²) in [5.41, 5.74) is 0.708. The number of esters is 1. The van der Waals surface area contributed by atoms with E-state index in [0.29, 0.717) is 12.0 Å². The lowest BCUT2D eigenvalue weighted by Crippen LogP contribution is -2.47. The number of piperidine rings is 1. The summed E-state index contributed by atoms with van der Waals surface area (Å²) in [6.45, 7) is 4.74. The second-order valence-electron chi connectivity index (χ2n) is 6.36. The molecule has 1 saturated heterocycles. The van der Waals surface area contributed by atoms with Gasteiger partial charge in [0.1, 0.15) is 9.02 Å². The smallest absolute Gasteiger partial charge is 0.322 e. The number of carbonyl (C=O) groups excluding carboxylic acids is 1. The van der Waals surface area contributed by atoms with Crippen LogP contribution in [-0.2, 0) is 15.1 Å². The van der Waals surface area contributed by atoms with Crippen LogP contribution in [0, 0.1) is 5.92 Å². The van der Waals surface area contributed by atoms with E-state index in [4.69, 9.17) is 4.74 Å². The molecule has 4 heteroatoms. The third kappa shape index (κ3) is 2.37. The molecule has 20 heavy (non-hydrogen) atoms. The molecule has 0 radical (unpaired) electrons. The van der Waals surface area contributed by atoms with Crippen molar-refractivity contribution in [3.8, 4) is 0 Å². The van der Waals surface area contributed by atoms with Crippen LogP contribution in [0.25, 0.3) is 0 Å². The fourth-order valence-corrected chi connectivity index (χ4v) is 3.52. The molecule has 2 bridgehead atoms. The van der Waals surface area contributed by atoms with Gasteiger partial charge in [0.25, 0.3) is 0 Å². The molecule has 108 valence electrons. The van der Waals surface area contributed by atoms with E-state index in [0.717, 1.165) is 24.9 Å². The Bertz CT molecular complexity index is 511. The Hall–Kier alpha value is -0.620. The van der Waals surface area contributed by atoms with Crippen molar-refractivity contribution in [1.29, 1.82) is 0 Å². The van der Waals surface area contributed by atoms with Crippen molar-refractivity contribution >= 4 is 28.6 Å². The van der Waals surface area contributed by atoms with Crippen molar-refractivity contribution in [2.45, 2.75) is 41.8 Å². The minimum Gasteiger partial charge on any atom is -0.453 e. The van der Waals surface area contributed by atoms with E-state index in [1.54, 1.807) is 0 Å². The first-order valence-corrected chi connectivity index (χ1v) is 8.21. The molecule has 1 aromatic rings. The number of nitrogens with one attached hydrogen (secondary N) is 1. The highest BCUT2D eigenvalue weighted by atomic mass is 127. The van der Waals surface area contributed by atoms with Gasteiger partial charge in [-0.1, -0.05) is 52.9 Å². The van der Waals surface area contributed by atoms with Gasteiger partial charge in [-0.25, -0.2) is 0 Å². The lowest BCUT2D eigenvalue weighted by molar-refractivity contribution is -0.168. The van der Waals surface area contributed by atoms with Crippen molar-refractivity contribution in [1.82, 2.24) is 5.32 Å². The Labute approximate surface area is 133 Å². The number of ether oxygens (including phenoxy) is 1. The summed E-state index contributed by atoms with van der Waals surface area (Å²) >= 11 is 2.16. The molecule has 1 N–H and O–H groups in total. The number of alkyl halides is 1. The molecule has 1 heterocycles. The molecule has 2 unspecified atom stereocenters. The second-order valence-corrected chi connectivity index (χ2v) is 9.06. The van der Waals surface area contributed by atoms with Crippen molar-refractivity contribution in [2.24, 2.45) is 5.92 Å². The van der Waals surface area contributed by atoms with Crippen LogP contribution in [0.2, 0.25) is 0 Å². The predicted octanol–water partition coefficient (Wildman–Crippen LogP) is 3.02. The highest BCUT2D eigenvalue weighted by Crippen LogP contribution is 2.50. The zero-order chi connectivity index (χ0) is 14.4. The zero-order valence-electron chi connectivity index (χ0n) is 11.9. The van der Waals surface area contributed by atoms with E-state index in [-0.39, 0.29) is 5.97 Å². The maximum atomic E-state index is 12.4. The van der Waals surface area contributed by atoms with E-state index in [1.165, 1.54) is 0 Å². The van der Waals surface area contributed by atoms with Crippen LogP contribution in [0.15, 0.2) is 30.3 Å². The molecule has 0 amide bonds. The van der Waals surface area contributed by atoms with Gasteiger partial charge in [-0.2, -0.15) is 0 Å². The van der Waals surface area contributed by atoms with Crippen molar-refractivity contribution in [3.05, 3.63) is 35.9 Å². The molecule has 3 rings (SSSR count). The maximum Gasteiger partial charge on any atom is 0.322 e. The monoisotopic (exact) mass is 385 g/mol. The van der Waals surface area contributed by atoms with Gasteiger partial charge in [-0.15, -0.1) is 0 Å². The number of benzene rings is 1. The molecule has 1 saturated carbocycles. The minimum absolute atomic E-state index is 0.116. The first-order valence-electron chi connectivity index (χ1n) is 7.13. The normalized spacial score (nSPS) is 32.4. The SMILES string of the molecule is CC(C)(I)C(=O)OC1(c2ccccc2)CC2C[C@H]1CN2. The summed E-state index contributed by atoms with van der Waals surface area (Å²) in [7, 11) is 0. The molecule has 3 nitrogen and oxygen atoms in total. The molecule has 1 aliphatic heterocycles. The quantitative estimate of drug-likeness (QED) is 0.494. The van der Waals surface area contributed by atoms with E-state index in [1.807, 2.05) is 32.0 Å². The van der Waals surface area contributed by atoms with Crippen molar-refractivity contribution in [2.75, 3.05) is 6.54 Å². The molecule has 0 spiro atoms. The van der Waals surface area contributed by atoms with Gasteiger partial charge in [0.2, 0.25) is 0 Å². The number of halogens is 1. The third-order valence-corrected chi connectivity index (χ3v) is 4.89. The van der Waals surface area contributed by atoms with E-state index < -0.39 is 9.02 Å². The van der Waals surface area contributed by atoms with E-state index in [9.17, 15) is 4.79 Å². The van der Waals surface area contributed by atoms with E-state index in [2.05, 4.69) is 40.0 Å². The summed E-state index contributed by atoms with van der Waals surface area (Å²) in [6, 6.07) is 10.7. The Morgan fingerprint density at radius 1 is 1.40 bits per heavy atom. The van der Waals surface area contributed by atoms with Crippen LogP contribution in [0.4, 0.5) is 0 Å². The highest BCUT2D eigenvalue weighted by Gasteiger charge is 2.55. The van der Waals surface area contributed by atoms with Crippen LogP contribution in [0.1, 0.15) is 32.3 Å². The van der Waals surface area contributed by atoms with Crippen LogP contribution in [0.5, 0.6) is 0 Å². The van der Waals surface area contributed by atoms with Gasteiger partial charge in [-0.3, -0.25) is 4.79 Å². The lowest BCUT2D eigenvalue weighted by Gasteiger charge is -2.39. The van der Waals surface area contributed by atoms with Crippen LogP contribution in [-0.4, -0.2) is 22.0 Å². The van der Waals surface area contributed by atoms with Gasteiger partial charge in [0.05, 0.1) is 0 Å². The fourth-order valence-electron chi connectivity index (χ4n) is 3.41. The first kappa shape index (κ1) is 14.3. The Morgan fingerprint density at radius 3 is 2.60 bits per heavy atom. The topological polar surface area (TPSA) is 38.3 Å². The molecular formula is C16H20INO2. The maximum absolute atomic E-state index is 12.4. The molecule has 1 aliphatic carbocycles. The highest BCUT2D eigenvalue weighted by molar-refractivity contribution is 14.1. The predicted molar refractivity (Wildman–Crippen MR) is 86.8 cm³/mol.